The molecule has 32 heavy (non-hydrogen) atoms. The molecule has 0 aliphatic rings. The highest BCUT2D eigenvalue weighted by Gasteiger charge is 2.22. The molecule has 4 rings (SSSR count). The van der Waals surface area contributed by atoms with Crippen LogP contribution in [0.3, 0.4) is 0 Å². The lowest BCUT2D eigenvalue weighted by atomic mass is 9.92. The predicted octanol–water partition coefficient (Wildman–Crippen LogP) is 6.31. The molecule has 1 heterocycles. The van der Waals surface area contributed by atoms with E-state index in [2.05, 4.69) is 10.6 Å². The van der Waals surface area contributed by atoms with Crippen molar-refractivity contribution < 1.29 is 18.0 Å². The van der Waals surface area contributed by atoms with E-state index in [0.29, 0.717) is 22.6 Å². The molecule has 0 aliphatic heterocycles. The molecule has 0 saturated heterocycles. The van der Waals surface area contributed by atoms with Gasteiger partial charge in [-0.1, -0.05) is 30.3 Å². The summed E-state index contributed by atoms with van der Waals surface area (Å²) in [5.41, 5.74) is 3.42. The summed E-state index contributed by atoms with van der Waals surface area (Å²) >= 11 is 0. The number of carbonyl (C=O) groups is 1. The van der Waals surface area contributed by atoms with E-state index in [1.165, 1.54) is 0 Å². The zero-order chi connectivity index (χ0) is 23.0. The number of anilines is 2. The van der Waals surface area contributed by atoms with Crippen molar-refractivity contribution in [2.45, 2.75) is 20.8 Å². The lowest BCUT2D eigenvalue weighted by Crippen LogP contribution is -2.24. The van der Waals surface area contributed by atoms with Crippen molar-refractivity contribution in [1.29, 1.82) is 0 Å². The fourth-order valence-corrected chi connectivity index (χ4v) is 3.66. The van der Waals surface area contributed by atoms with E-state index in [4.69, 9.17) is 4.42 Å². The standard InChI is InChI=1S/C25H20F2N2O3/c1-13-8-11-20-21(15(13)3)22(17-7-5-4-6-14(17)2)23(24(30)32-20)29-25(31)28-19-10-9-16(26)12-18(19)27/h4-12H,1-3H3,(H2,28,29,31). The van der Waals surface area contributed by atoms with Gasteiger partial charge in [-0.3, -0.25) is 0 Å². The van der Waals surface area contributed by atoms with E-state index in [9.17, 15) is 18.4 Å². The Balaban J connectivity index is 1.89. The van der Waals surface area contributed by atoms with Gasteiger partial charge in [0.15, 0.2) is 0 Å². The number of benzene rings is 3. The minimum absolute atomic E-state index is 0.0690. The largest absolute Gasteiger partial charge is 0.421 e. The summed E-state index contributed by atoms with van der Waals surface area (Å²) in [5, 5.41) is 5.52. The average molecular weight is 434 g/mol. The molecular weight excluding hydrogens is 414 g/mol. The summed E-state index contributed by atoms with van der Waals surface area (Å²) in [7, 11) is 0. The van der Waals surface area contributed by atoms with E-state index in [1.807, 2.05) is 51.1 Å². The first-order chi connectivity index (χ1) is 15.3. The van der Waals surface area contributed by atoms with Gasteiger partial charge in [-0.2, -0.15) is 0 Å². The van der Waals surface area contributed by atoms with E-state index in [0.717, 1.165) is 34.4 Å². The molecule has 0 unspecified atom stereocenters. The lowest BCUT2D eigenvalue weighted by molar-refractivity contribution is 0.262. The molecule has 7 heteroatoms. The number of carbonyl (C=O) groups excluding carboxylic acids is 1. The molecule has 1 aromatic heterocycles. The first kappa shape index (κ1) is 21.2. The van der Waals surface area contributed by atoms with Crippen LogP contribution in [0.15, 0.2) is 63.8 Å². The second-order valence-electron chi connectivity index (χ2n) is 7.54. The number of rotatable bonds is 3. The Kier molecular flexibility index (Phi) is 5.48. The number of halogens is 2. The average Bonchev–Trinajstić information content (AvgIpc) is 2.74. The maximum Gasteiger partial charge on any atom is 0.360 e. The van der Waals surface area contributed by atoms with Crippen LogP contribution in [0.2, 0.25) is 0 Å². The lowest BCUT2D eigenvalue weighted by Gasteiger charge is -2.17. The van der Waals surface area contributed by atoms with Crippen molar-refractivity contribution >= 4 is 28.4 Å². The molecule has 162 valence electrons. The Labute approximate surface area is 182 Å². The van der Waals surface area contributed by atoms with Gasteiger partial charge in [0.05, 0.1) is 5.69 Å². The molecule has 0 spiro atoms. The molecule has 0 atom stereocenters. The van der Waals surface area contributed by atoms with Gasteiger partial charge in [-0.25, -0.2) is 18.4 Å². The normalized spacial score (nSPS) is 10.9. The van der Waals surface area contributed by atoms with Gasteiger partial charge < -0.3 is 15.1 Å². The van der Waals surface area contributed by atoms with Crippen molar-refractivity contribution in [2.75, 3.05) is 10.6 Å². The van der Waals surface area contributed by atoms with E-state index >= 15 is 0 Å². The number of aryl methyl sites for hydroxylation is 3. The molecule has 2 N–H and O–H groups in total. The highest BCUT2D eigenvalue weighted by atomic mass is 19.1. The Morgan fingerprint density at radius 2 is 1.66 bits per heavy atom. The maximum atomic E-state index is 14.0. The summed E-state index contributed by atoms with van der Waals surface area (Å²) in [6.07, 6.45) is 0. The third kappa shape index (κ3) is 3.85. The quantitative estimate of drug-likeness (QED) is 0.371. The van der Waals surface area contributed by atoms with Crippen molar-refractivity contribution in [3.63, 3.8) is 0 Å². The van der Waals surface area contributed by atoms with Crippen LogP contribution in [0.1, 0.15) is 16.7 Å². The molecule has 0 bridgehead atoms. The number of amides is 2. The van der Waals surface area contributed by atoms with Crippen LogP contribution >= 0.6 is 0 Å². The van der Waals surface area contributed by atoms with Gasteiger partial charge in [0.1, 0.15) is 22.9 Å². The van der Waals surface area contributed by atoms with Gasteiger partial charge in [0.2, 0.25) is 0 Å². The van der Waals surface area contributed by atoms with Crippen LogP contribution in [0.5, 0.6) is 0 Å². The number of hydrogen-bond acceptors (Lipinski definition) is 3. The molecule has 0 saturated carbocycles. The second-order valence-corrected chi connectivity index (χ2v) is 7.54. The summed E-state index contributed by atoms with van der Waals surface area (Å²) in [5.74, 6) is -1.70. The van der Waals surface area contributed by atoms with Crippen LogP contribution in [0, 0.1) is 32.4 Å². The molecule has 0 aliphatic carbocycles. The number of urea groups is 1. The Bertz CT molecular complexity index is 1430. The summed E-state index contributed by atoms with van der Waals surface area (Å²) < 4.78 is 32.6. The Hall–Kier alpha value is -4.00. The molecular formula is C25H20F2N2O3. The number of nitrogens with one attached hydrogen (secondary N) is 2. The highest BCUT2D eigenvalue weighted by Crippen LogP contribution is 2.37. The van der Waals surface area contributed by atoms with E-state index < -0.39 is 23.3 Å². The van der Waals surface area contributed by atoms with Crippen LogP contribution in [-0.2, 0) is 0 Å². The molecule has 0 radical (unpaired) electrons. The fourth-order valence-electron chi connectivity index (χ4n) is 3.66. The SMILES string of the molecule is Cc1ccccc1-c1c(NC(=O)Nc2ccc(F)cc2F)c(=O)oc2ccc(C)c(C)c12. The van der Waals surface area contributed by atoms with Gasteiger partial charge in [-0.05, 0) is 61.2 Å². The van der Waals surface area contributed by atoms with Gasteiger partial charge >= 0.3 is 11.7 Å². The van der Waals surface area contributed by atoms with E-state index in [-0.39, 0.29) is 11.4 Å². The third-order valence-corrected chi connectivity index (χ3v) is 5.44. The van der Waals surface area contributed by atoms with Crippen molar-refractivity contribution in [1.82, 2.24) is 0 Å². The van der Waals surface area contributed by atoms with Crippen LogP contribution < -0.4 is 16.3 Å². The minimum Gasteiger partial charge on any atom is -0.421 e. The van der Waals surface area contributed by atoms with Crippen LogP contribution in [-0.4, -0.2) is 6.03 Å². The first-order valence-corrected chi connectivity index (χ1v) is 9.92. The Morgan fingerprint density at radius 3 is 2.38 bits per heavy atom. The van der Waals surface area contributed by atoms with Crippen molar-refractivity contribution in [3.05, 3.63) is 93.3 Å². The van der Waals surface area contributed by atoms with Crippen LogP contribution in [0.4, 0.5) is 25.0 Å². The molecule has 2 amide bonds. The molecule has 3 aromatic carbocycles. The van der Waals surface area contributed by atoms with Gasteiger partial charge in [0, 0.05) is 17.0 Å². The number of fused-ring (bicyclic) bond motifs is 1. The number of hydrogen-bond donors (Lipinski definition) is 2. The second kappa shape index (κ2) is 8.26. The summed E-state index contributed by atoms with van der Waals surface area (Å²) in [6, 6.07) is 13.0. The molecule has 5 nitrogen and oxygen atoms in total. The molecule has 4 aromatic rings. The smallest absolute Gasteiger partial charge is 0.360 e. The Morgan fingerprint density at radius 1 is 0.906 bits per heavy atom. The van der Waals surface area contributed by atoms with Crippen LogP contribution in [0.25, 0.3) is 22.1 Å². The monoisotopic (exact) mass is 434 g/mol. The predicted molar refractivity (Wildman–Crippen MR) is 121 cm³/mol. The zero-order valence-electron chi connectivity index (χ0n) is 17.7. The summed E-state index contributed by atoms with van der Waals surface area (Å²) in [6.45, 7) is 5.76. The highest BCUT2D eigenvalue weighted by molar-refractivity contribution is 6.08. The van der Waals surface area contributed by atoms with E-state index in [1.54, 1.807) is 6.07 Å². The minimum atomic E-state index is -0.934. The maximum absolute atomic E-state index is 14.0. The van der Waals surface area contributed by atoms with Crippen molar-refractivity contribution in [3.8, 4) is 11.1 Å². The van der Waals surface area contributed by atoms with Gasteiger partial charge in [0.25, 0.3) is 0 Å². The molecule has 0 fully saturated rings. The fraction of sp³-hybridized carbons (Fsp3) is 0.120. The zero-order valence-corrected chi connectivity index (χ0v) is 17.7. The third-order valence-electron chi connectivity index (χ3n) is 5.44. The first-order valence-electron chi connectivity index (χ1n) is 9.92. The van der Waals surface area contributed by atoms with Gasteiger partial charge in [-0.15, -0.1) is 0 Å². The van der Waals surface area contributed by atoms with Crippen molar-refractivity contribution in [2.24, 2.45) is 0 Å². The topological polar surface area (TPSA) is 71.3 Å². The summed E-state index contributed by atoms with van der Waals surface area (Å²) in [4.78, 5) is 25.6.